The van der Waals surface area contributed by atoms with E-state index in [1.165, 1.54) is 22.0 Å². The number of hydrogen-bond acceptors (Lipinski definition) is 5. The Bertz CT molecular complexity index is 826. The SMILES string of the molecule is O=S(=O)(Nc1ccccc1)c1cnc2sc(Br)nn12. The Morgan fingerprint density at radius 2 is 2.00 bits per heavy atom. The Balaban J connectivity index is 2.05. The van der Waals surface area contributed by atoms with Gasteiger partial charge in [0.2, 0.25) is 4.96 Å². The van der Waals surface area contributed by atoms with Crippen molar-refractivity contribution in [3.05, 3.63) is 40.4 Å². The van der Waals surface area contributed by atoms with Gasteiger partial charge >= 0.3 is 0 Å². The van der Waals surface area contributed by atoms with Gasteiger partial charge in [-0.15, -0.1) is 5.10 Å². The molecule has 0 saturated heterocycles. The summed E-state index contributed by atoms with van der Waals surface area (Å²) in [5.41, 5.74) is 0.492. The number of rotatable bonds is 3. The molecule has 1 N–H and O–H groups in total. The molecule has 0 amide bonds. The molecule has 0 aliphatic rings. The molecule has 0 bridgehead atoms. The predicted molar refractivity (Wildman–Crippen MR) is 75.8 cm³/mol. The molecule has 0 saturated carbocycles. The molecule has 1 aromatic carbocycles. The quantitative estimate of drug-likeness (QED) is 0.779. The molecular formula is C10H7BrN4O2S2. The van der Waals surface area contributed by atoms with Gasteiger partial charge in [-0.2, -0.15) is 12.9 Å². The second-order valence-electron chi connectivity index (χ2n) is 3.62. The maximum atomic E-state index is 12.3. The van der Waals surface area contributed by atoms with E-state index in [4.69, 9.17) is 0 Å². The number of benzene rings is 1. The minimum Gasteiger partial charge on any atom is -0.278 e. The van der Waals surface area contributed by atoms with Gasteiger partial charge in [0.15, 0.2) is 8.94 Å². The normalized spacial score (nSPS) is 11.8. The lowest BCUT2D eigenvalue weighted by atomic mass is 10.3. The molecular weight excluding hydrogens is 352 g/mol. The number of nitrogens with one attached hydrogen (secondary N) is 1. The van der Waals surface area contributed by atoms with Gasteiger partial charge in [0.05, 0.1) is 6.20 Å². The first-order chi connectivity index (χ1) is 9.06. The lowest BCUT2D eigenvalue weighted by Gasteiger charge is -2.05. The molecule has 0 spiro atoms. The first-order valence-electron chi connectivity index (χ1n) is 5.14. The van der Waals surface area contributed by atoms with Crippen LogP contribution in [0, 0.1) is 0 Å². The first-order valence-corrected chi connectivity index (χ1v) is 8.23. The van der Waals surface area contributed by atoms with E-state index in [-0.39, 0.29) is 5.03 Å². The summed E-state index contributed by atoms with van der Waals surface area (Å²) in [5.74, 6) is 0. The van der Waals surface area contributed by atoms with Crippen molar-refractivity contribution in [2.45, 2.75) is 5.03 Å². The number of hydrogen-bond donors (Lipinski definition) is 1. The van der Waals surface area contributed by atoms with Gasteiger partial charge in [-0.3, -0.25) is 4.72 Å². The summed E-state index contributed by atoms with van der Waals surface area (Å²) in [6.07, 6.45) is 1.29. The number of para-hydroxylation sites is 1. The van der Waals surface area contributed by atoms with Crippen LogP contribution in [0.4, 0.5) is 5.69 Å². The molecule has 2 aromatic heterocycles. The summed E-state index contributed by atoms with van der Waals surface area (Å²) in [4.78, 5) is 4.53. The molecule has 9 heteroatoms. The number of imidazole rings is 1. The van der Waals surface area contributed by atoms with Crippen LogP contribution in [0.15, 0.2) is 45.5 Å². The van der Waals surface area contributed by atoms with Crippen molar-refractivity contribution in [2.24, 2.45) is 0 Å². The molecule has 3 rings (SSSR count). The van der Waals surface area contributed by atoms with E-state index in [9.17, 15) is 8.42 Å². The largest absolute Gasteiger partial charge is 0.281 e. The molecule has 3 aromatic rings. The van der Waals surface area contributed by atoms with Crippen molar-refractivity contribution >= 4 is 47.9 Å². The van der Waals surface area contributed by atoms with Crippen LogP contribution in [-0.4, -0.2) is 23.0 Å². The number of halogens is 1. The first kappa shape index (κ1) is 12.6. The maximum Gasteiger partial charge on any atom is 0.281 e. The van der Waals surface area contributed by atoms with Crippen LogP contribution in [0.3, 0.4) is 0 Å². The fourth-order valence-corrected chi connectivity index (χ4v) is 3.90. The van der Waals surface area contributed by atoms with Crippen LogP contribution in [0.1, 0.15) is 0 Å². The van der Waals surface area contributed by atoms with E-state index in [0.29, 0.717) is 14.6 Å². The average molecular weight is 359 g/mol. The second kappa shape index (κ2) is 4.58. The van der Waals surface area contributed by atoms with Crippen molar-refractivity contribution in [2.75, 3.05) is 4.72 Å². The highest BCUT2D eigenvalue weighted by Gasteiger charge is 2.21. The van der Waals surface area contributed by atoms with Crippen LogP contribution in [-0.2, 0) is 10.0 Å². The number of nitrogens with zero attached hydrogens (tertiary/aromatic N) is 3. The molecule has 0 atom stereocenters. The minimum atomic E-state index is -3.71. The molecule has 0 radical (unpaired) electrons. The zero-order valence-corrected chi connectivity index (χ0v) is 12.5. The maximum absolute atomic E-state index is 12.3. The highest BCUT2D eigenvalue weighted by molar-refractivity contribution is 9.11. The van der Waals surface area contributed by atoms with E-state index >= 15 is 0 Å². The Hall–Kier alpha value is -1.45. The van der Waals surface area contributed by atoms with Crippen molar-refractivity contribution in [3.8, 4) is 0 Å². The molecule has 6 nitrogen and oxygen atoms in total. The standard InChI is InChI=1S/C10H7BrN4O2S2/c11-9-13-15-8(6-12-10(15)18-9)19(16,17)14-7-4-2-1-3-5-7/h1-6,14H. The molecule has 0 aliphatic carbocycles. The summed E-state index contributed by atoms with van der Waals surface area (Å²) in [6.45, 7) is 0. The van der Waals surface area contributed by atoms with Crippen molar-refractivity contribution < 1.29 is 8.42 Å². The van der Waals surface area contributed by atoms with Crippen molar-refractivity contribution in [1.29, 1.82) is 0 Å². The van der Waals surface area contributed by atoms with E-state index in [0.717, 1.165) is 0 Å². The van der Waals surface area contributed by atoms with E-state index in [2.05, 4.69) is 30.7 Å². The fourth-order valence-electron chi connectivity index (χ4n) is 1.55. The monoisotopic (exact) mass is 358 g/mol. The number of fused-ring (bicyclic) bond motifs is 1. The molecule has 0 fully saturated rings. The smallest absolute Gasteiger partial charge is 0.278 e. The van der Waals surface area contributed by atoms with Crippen LogP contribution < -0.4 is 4.72 Å². The highest BCUT2D eigenvalue weighted by Crippen LogP contribution is 2.23. The second-order valence-corrected chi connectivity index (χ2v) is 7.48. The lowest BCUT2D eigenvalue weighted by molar-refractivity contribution is 0.593. The Morgan fingerprint density at radius 1 is 1.26 bits per heavy atom. The van der Waals surface area contributed by atoms with Gasteiger partial charge < -0.3 is 0 Å². The third-order valence-electron chi connectivity index (χ3n) is 2.33. The van der Waals surface area contributed by atoms with Gasteiger partial charge in [0, 0.05) is 5.69 Å². The van der Waals surface area contributed by atoms with Crippen molar-refractivity contribution in [3.63, 3.8) is 0 Å². The summed E-state index contributed by atoms with van der Waals surface area (Å²) in [7, 11) is -3.71. The summed E-state index contributed by atoms with van der Waals surface area (Å²) < 4.78 is 28.9. The van der Waals surface area contributed by atoms with Crippen molar-refractivity contribution in [1.82, 2.24) is 14.6 Å². The van der Waals surface area contributed by atoms with Crippen LogP contribution >= 0.6 is 27.3 Å². The van der Waals surface area contributed by atoms with Gasteiger partial charge in [-0.1, -0.05) is 29.5 Å². The molecule has 2 heterocycles. The van der Waals surface area contributed by atoms with E-state index < -0.39 is 10.0 Å². The Labute approximate surface area is 121 Å². The Kier molecular flexibility index (Phi) is 3.03. The number of sulfonamides is 1. The Morgan fingerprint density at radius 3 is 2.74 bits per heavy atom. The third-order valence-corrected chi connectivity index (χ3v) is 5.02. The molecule has 98 valence electrons. The van der Waals surface area contributed by atoms with Crippen LogP contribution in [0.2, 0.25) is 0 Å². The predicted octanol–water partition coefficient (Wildman–Crippen LogP) is 2.35. The lowest BCUT2D eigenvalue weighted by Crippen LogP contribution is -2.15. The van der Waals surface area contributed by atoms with E-state index in [1.807, 2.05) is 6.07 Å². The fraction of sp³-hybridized carbons (Fsp3) is 0. The molecule has 0 unspecified atom stereocenters. The van der Waals surface area contributed by atoms with Gasteiger partial charge in [-0.25, -0.2) is 4.98 Å². The molecule has 19 heavy (non-hydrogen) atoms. The average Bonchev–Trinajstić information content (AvgIpc) is 2.88. The van der Waals surface area contributed by atoms with Crippen LogP contribution in [0.5, 0.6) is 0 Å². The summed E-state index contributed by atoms with van der Waals surface area (Å²) >= 11 is 4.46. The minimum absolute atomic E-state index is 0.00769. The zero-order valence-electron chi connectivity index (χ0n) is 9.32. The molecule has 0 aliphatic heterocycles. The third kappa shape index (κ3) is 2.36. The number of anilines is 1. The number of aromatic nitrogens is 3. The zero-order chi connectivity index (χ0) is 13.5. The topological polar surface area (TPSA) is 76.4 Å². The summed E-state index contributed by atoms with van der Waals surface area (Å²) in [6, 6.07) is 8.67. The van der Waals surface area contributed by atoms with Gasteiger partial charge in [0.1, 0.15) is 0 Å². The van der Waals surface area contributed by atoms with Gasteiger partial charge in [0.25, 0.3) is 10.0 Å². The highest BCUT2D eigenvalue weighted by atomic mass is 79.9. The summed E-state index contributed by atoms with van der Waals surface area (Å²) in [5, 5.41) is 4.06. The van der Waals surface area contributed by atoms with Gasteiger partial charge in [-0.05, 0) is 28.1 Å². The van der Waals surface area contributed by atoms with E-state index in [1.54, 1.807) is 24.3 Å². The van der Waals surface area contributed by atoms with Crippen LogP contribution in [0.25, 0.3) is 4.96 Å².